The van der Waals surface area contributed by atoms with Crippen molar-refractivity contribution in [1.82, 2.24) is 9.88 Å². The lowest BCUT2D eigenvalue weighted by Gasteiger charge is -2.81. The summed E-state index contributed by atoms with van der Waals surface area (Å²) in [5.74, 6) is -0.120. The van der Waals surface area contributed by atoms with E-state index in [0.717, 1.165) is 29.7 Å². The van der Waals surface area contributed by atoms with E-state index in [1.165, 1.54) is 0 Å². The number of fused-ring (bicyclic) bond motifs is 1. The van der Waals surface area contributed by atoms with E-state index in [1.54, 1.807) is 4.90 Å². The summed E-state index contributed by atoms with van der Waals surface area (Å²) in [6.45, 7) is 4.45. The Morgan fingerprint density at radius 1 is 0.915 bits per heavy atom. The highest BCUT2D eigenvalue weighted by Gasteiger charge is 2.73. The van der Waals surface area contributed by atoms with Crippen LogP contribution in [0.2, 0.25) is 15.5 Å². The molecule has 4 rings (SSSR count). The van der Waals surface area contributed by atoms with Crippen molar-refractivity contribution in [3.63, 3.8) is 0 Å². The molecule has 1 atom stereocenters. The number of rotatable bonds is 6. The van der Waals surface area contributed by atoms with Crippen LogP contribution < -0.4 is 4.90 Å². The molecule has 0 N–H and O–H groups in total. The van der Waals surface area contributed by atoms with Crippen molar-refractivity contribution in [1.29, 1.82) is 5.26 Å². The number of amides is 1. The molecular weight excluding hydrogens is 585 g/mol. The van der Waals surface area contributed by atoms with Gasteiger partial charge in [0.1, 0.15) is 81.1 Å². The number of ether oxygens (including phenoxy) is 1. The first-order valence-electron chi connectivity index (χ1n) is 17.1. The highest BCUT2D eigenvalue weighted by Crippen LogP contribution is 2.68. The molecule has 3 heterocycles. The summed E-state index contributed by atoms with van der Waals surface area (Å²) in [5, 5.41) is 6.06. The van der Waals surface area contributed by atoms with Gasteiger partial charge in [-0.05, 0) is 48.3 Å². The maximum atomic E-state index is 14.4. The summed E-state index contributed by atoms with van der Waals surface area (Å²) in [5.41, 5.74) is 1.70. The zero-order valence-electron chi connectivity index (χ0n) is 31.9. The first-order chi connectivity index (χ1) is 20.8. The zero-order chi connectivity index (χ0) is 36.4. The molecule has 0 radical (unpaired) electrons. The Labute approximate surface area is 292 Å². The smallest absolute Gasteiger partial charge is 0.374 e. The van der Waals surface area contributed by atoms with Crippen molar-refractivity contribution in [2.24, 2.45) is 0 Å². The number of alkyl halides is 3. The molecule has 2 aliphatic heterocycles. The summed E-state index contributed by atoms with van der Waals surface area (Å²) in [6, 6.07) is 2.55. The molecule has 6 nitrogen and oxygen atoms in total. The second-order valence-corrected chi connectivity index (χ2v) is 19.0. The van der Waals surface area contributed by atoms with Gasteiger partial charge in [-0.25, -0.2) is 4.98 Å². The first-order valence-corrected chi connectivity index (χ1v) is 17.1. The van der Waals surface area contributed by atoms with Gasteiger partial charge in [0.2, 0.25) is 5.91 Å². The van der Waals surface area contributed by atoms with E-state index in [1.807, 2.05) is 68.8 Å². The van der Waals surface area contributed by atoms with Gasteiger partial charge in [-0.2, -0.15) is 18.4 Å². The Morgan fingerprint density at radius 3 is 1.85 bits per heavy atom. The number of anilines is 1. The number of nitriles is 1. The Hall–Kier alpha value is -1.43. The van der Waals surface area contributed by atoms with Gasteiger partial charge in [0.05, 0.1) is 70.5 Å². The number of halogens is 3. The molecule has 1 aromatic heterocycles. The van der Waals surface area contributed by atoms with E-state index in [2.05, 4.69) is 65.9 Å². The Morgan fingerprint density at radius 2 is 1.43 bits per heavy atom. The fraction of sp³-hybridized carbons (Fsp3) is 0.708. The SMILES string of the molecule is BC(B)(B)C(B)(C(B)(B)B)[C@@]1(B)N(C(=O)CC(F)(F)F)C(B)(B)C(B)(B)N(c2nc(C3CC3)c3c(c2C#N)CC(C)(C)OC3)C1(B)B. The molecular formula is C24H45B14F3N4O2. The molecule has 2 fully saturated rings. The molecule has 3 aliphatic rings. The lowest BCUT2D eigenvalue weighted by molar-refractivity contribution is -0.169. The van der Waals surface area contributed by atoms with Gasteiger partial charge in [0, 0.05) is 23.3 Å². The molecule has 47 heavy (non-hydrogen) atoms. The van der Waals surface area contributed by atoms with E-state index >= 15 is 0 Å². The van der Waals surface area contributed by atoms with Gasteiger partial charge in [-0.3, -0.25) is 4.79 Å². The first kappa shape index (κ1) is 38.4. The van der Waals surface area contributed by atoms with E-state index in [0.29, 0.717) is 24.4 Å². The third-order valence-electron chi connectivity index (χ3n) is 13.3. The molecule has 23 heteroatoms. The second kappa shape index (κ2) is 11.0. The number of hydrogen-bond acceptors (Lipinski definition) is 5. The number of aromatic nitrogens is 1. The summed E-state index contributed by atoms with van der Waals surface area (Å²) >= 11 is 0. The molecule has 0 spiro atoms. The predicted molar refractivity (Wildman–Crippen MR) is 222 cm³/mol. The highest BCUT2D eigenvalue weighted by molar-refractivity contribution is 6.71. The van der Waals surface area contributed by atoms with E-state index in [-0.39, 0.29) is 5.92 Å². The van der Waals surface area contributed by atoms with Crippen LogP contribution in [-0.2, 0) is 22.6 Å². The summed E-state index contributed by atoms with van der Waals surface area (Å²) in [6.07, 6.45) is -3.66. The Kier molecular flexibility index (Phi) is 9.01. The molecule has 0 aromatic carbocycles. The fourth-order valence-corrected chi connectivity index (χ4v) is 9.81. The lowest BCUT2D eigenvalue weighted by atomic mass is 9.07. The fourth-order valence-electron chi connectivity index (χ4n) is 9.81. The van der Waals surface area contributed by atoms with Crippen LogP contribution in [0.5, 0.6) is 0 Å². The average Bonchev–Trinajstić information content (AvgIpc) is 3.68. The third-order valence-corrected chi connectivity index (χ3v) is 13.3. The van der Waals surface area contributed by atoms with Crippen LogP contribution in [0.3, 0.4) is 0 Å². The minimum Gasteiger partial charge on any atom is -0.374 e. The summed E-state index contributed by atoms with van der Waals surface area (Å²) in [4.78, 5) is 23.6. The average molecular weight is 630 g/mol. The number of nitrogens with zero attached hydrogens (tertiary/aromatic N) is 4. The van der Waals surface area contributed by atoms with Crippen molar-refractivity contribution in [2.75, 3.05) is 4.90 Å². The van der Waals surface area contributed by atoms with Crippen LogP contribution in [0.4, 0.5) is 19.0 Å². The normalized spacial score (nSPS) is 25.4. The van der Waals surface area contributed by atoms with E-state index in [9.17, 15) is 23.2 Å². The van der Waals surface area contributed by atoms with Crippen molar-refractivity contribution in [3.05, 3.63) is 22.4 Å². The highest BCUT2D eigenvalue weighted by atomic mass is 19.4. The second-order valence-electron chi connectivity index (χ2n) is 19.0. The maximum Gasteiger partial charge on any atom is 0.397 e. The van der Waals surface area contributed by atoms with Crippen molar-refractivity contribution < 1.29 is 22.7 Å². The van der Waals surface area contributed by atoms with Gasteiger partial charge in [-0.15, -0.1) is 10.2 Å². The number of carbonyl (C=O) groups excluding carboxylic acids is 1. The van der Waals surface area contributed by atoms with Gasteiger partial charge >= 0.3 is 6.18 Å². The molecule has 1 saturated carbocycles. The van der Waals surface area contributed by atoms with Crippen LogP contribution in [0.25, 0.3) is 0 Å². The monoisotopic (exact) mass is 632 g/mol. The van der Waals surface area contributed by atoms with Gasteiger partial charge < -0.3 is 14.5 Å². The van der Waals surface area contributed by atoms with Crippen molar-refractivity contribution in [2.45, 2.75) is 101 Å². The minimum atomic E-state index is -4.68. The topological polar surface area (TPSA) is 69.5 Å². The standard InChI is InChI=1S/C24H45B14F3N4O2/c1-16(2)5-10-11(7-42)15(43-14(9-3-4-9)12(10)8-47-16)45-22(33,34)19(26,18(25,20(27,28)29)21(30,31)32)44(13(46)6-17(39,40)41)23(35,36)24(45,37)38/h9H,3-6,8,25-38H2,1-2H3/t19-/m1/s1. The van der Waals surface area contributed by atoms with Gasteiger partial charge in [-0.1, -0.05) is 5.31 Å². The van der Waals surface area contributed by atoms with Gasteiger partial charge in [0.15, 0.2) is 0 Å². The van der Waals surface area contributed by atoms with Crippen molar-refractivity contribution >= 4 is 122 Å². The number of piperazine rings is 1. The third kappa shape index (κ3) is 5.56. The molecule has 1 aromatic rings. The van der Waals surface area contributed by atoms with E-state index in [4.69, 9.17) is 9.72 Å². The maximum absolute atomic E-state index is 14.4. The van der Waals surface area contributed by atoms with E-state index < -0.39 is 61.1 Å². The Bertz CT molecular complexity index is 1500. The molecule has 1 amide bonds. The molecule has 1 aliphatic carbocycles. The number of hydrogen-bond donors (Lipinski definition) is 0. The summed E-state index contributed by atoms with van der Waals surface area (Å²) < 4.78 is 48.8. The lowest BCUT2D eigenvalue weighted by Crippen LogP contribution is -2.95. The van der Waals surface area contributed by atoms with Crippen LogP contribution >= 0.6 is 0 Å². The predicted octanol–water partition coefficient (Wildman–Crippen LogP) is -9.89. The quantitative estimate of drug-likeness (QED) is 0.293. The van der Waals surface area contributed by atoms with Crippen LogP contribution in [0, 0.1) is 11.3 Å². The van der Waals surface area contributed by atoms with Crippen molar-refractivity contribution in [3.8, 4) is 6.07 Å². The minimum absolute atomic E-state index is 0.273. The van der Waals surface area contributed by atoms with Crippen LogP contribution in [0.15, 0.2) is 0 Å². The molecule has 1 saturated heterocycles. The number of pyridine rings is 1. The molecule has 0 bridgehead atoms. The Balaban J connectivity index is 2.20. The zero-order valence-corrected chi connectivity index (χ0v) is 31.9. The van der Waals surface area contributed by atoms with Gasteiger partial charge in [0.25, 0.3) is 0 Å². The summed E-state index contributed by atoms with van der Waals surface area (Å²) in [7, 11) is 28.7. The molecule has 236 valence electrons. The largest absolute Gasteiger partial charge is 0.397 e. The molecule has 0 unspecified atom stereocenters. The number of carbonyl (C=O) groups is 1. The van der Waals surface area contributed by atoms with Crippen LogP contribution in [0.1, 0.15) is 61.4 Å². The van der Waals surface area contributed by atoms with Crippen LogP contribution in [-0.4, -0.2) is 159 Å².